The summed E-state index contributed by atoms with van der Waals surface area (Å²) in [6, 6.07) is 14.1. The number of pyridine rings is 1. The molecule has 1 aromatic heterocycles. The standard InChI is InChI=1S/C21H26BN3O5/c1-13(2)12-18(22(29)30)24-21(28)19(14(3)26)25-20(27)17-11-7-10-16(23-17)15-8-5-4-6-9-15/h4-11,13-14,18,26,29-30H,12H2,1-3H3,(H,24,28)/b25-19+/t14-,18+/m1/s1. The molecule has 0 spiro atoms. The number of aliphatic imine (C=N–C) groups is 1. The fourth-order valence-electron chi connectivity index (χ4n) is 2.83. The second-order valence-corrected chi connectivity index (χ2v) is 7.38. The quantitative estimate of drug-likeness (QED) is 0.382. The summed E-state index contributed by atoms with van der Waals surface area (Å²) in [6.07, 6.45) is -1.05. The number of aliphatic hydroxyl groups excluding tert-OH is 1. The van der Waals surface area contributed by atoms with Crippen molar-refractivity contribution in [3.63, 3.8) is 0 Å². The normalized spacial score (nSPS) is 13.6. The van der Waals surface area contributed by atoms with E-state index in [4.69, 9.17) is 0 Å². The number of amides is 2. The first-order chi connectivity index (χ1) is 14.2. The highest BCUT2D eigenvalue weighted by atomic mass is 16.4. The molecule has 0 radical (unpaired) electrons. The van der Waals surface area contributed by atoms with E-state index in [1.165, 1.54) is 13.0 Å². The third-order valence-electron chi connectivity index (χ3n) is 4.29. The fourth-order valence-corrected chi connectivity index (χ4v) is 2.83. The largest absolute Gasteiger partial charge is 0.475 e. The highest BCUT2D eigenvalue weighted by Crippen LogP contribution is 2.17. The molecule has 0 fully saturated rings. The van der Waals surface area contributed by atoms with Gasteiger partial charge in [0.25, 0.3) is 11.8 Å². The molecule has 30 heavy (non-hydrogen) atoms. The summed E-state index contributed by atoms with van der Waals surface area (Å²) in [6.45, 7) is 5.02. The summed E-state index contributed by atoms with van der Waals surface area (Å²) in [5.41, 5.74) is 0.975. The number of hydrogen-bond acceptors (Lipinski definition) is 6. The Morgan fingerprint density at radius 2 is 1.73 bits per heavy atom. The Balaban J connectivity index is 2.26. The van der Waals surface area contributed by atoms with Gasteiger partial charge >= 0.3 is 7.12 Å². The Kier molecular flexibility index (Phi) is 8.40. The Morgan fingerprint density at radius 3 is 2.30 bits per heavy atom. The van der Waals surface area contributed by atoms with E-state index < -0.39 is 36.7 Å². The number of hydrogen-bond donors (Lipinski definition) is 4. The van der Waals surface area contributed by atoms with Gasteiger partial charge in [0, 0.05) is 5.56 Å². The minimum atomic E-state index is -1.79. The van der Waals surface area contributed by atoms with Gasteiger partial charge in [-0.15, -0.1) is 0 Å². The fraction of sp³-hybridized carbons (Fsp3) is 0.333. The Morgan fingerprint density at radius 1 is 1.07 bits per heavy atom. The molecule has 2 atom stereocenters. The molecular formula is C21H26BN3O5. The van der Waals surface area contributed by atoms with Gasteiger partial charge in [-0.05, 0) is 31.4 Å². The molecule has 2 amide bonds. The maximum absolute atomic E-state index is 12.6. The van der Waals surface area contributed by atoms with E-state index in [-0.39, 0.29) is 11.6 Å². The van der Waals surface area contributed by atoms with Crippen molar-refractivity contribution in [3.8, 4) is 11.3 Å². The van der Waals surface area contributed by atoms with Crippen LogP contribution in [0.25, 0.3) is 11.3 Å². The van der Waals surface area contributed by atoms with Crippen molar-refractivity contribution in [2.45, 2.75) is 39.2 Å². The van der Waals surface area contributed by atoms with Crippen LogP contribution in [0.3, 0.4) is 0 Å². The molecule has 9 heteroatoms. The topological polar surface area (TPSA) is 132 Å². The van der Waals surface area contributed by atoms with Gasteiger partial charge in [-0.3, -0.25) is 9.59 Å². The monoisotopic (exact) mass is 411 g/mol. The van der Waals surface area contributed by atoms with Gasteiger partial charge < -0.3 is 20.5 Å². The van der Waals surface area contributed by atoms with Crippen LogP contribution in [0, 0.1) is 5.92 Å². The van der Waals surface area contributed by atoms with Gasteiger partial charge in [0.2, 0.25) is 0 Å². The number of rotatable bonds is 8. The molecule has 0 aliphatic rings. The van der Waals surface area contributed by atoms with Crippen LogP contribution in [-0.2, 0) is 4.79 Å². The van der Waals surface area contributed by atoms with Crippen LogP contribution in [0.1, 0.15) is 37.7 Å². The molecular weight excluding hydrogens is 385 g/mol. The third-order valence-corrected chi connectivity index (χ3v) is 4.29. The van der Waals surface area contributed by atoms with Crippen LogP contribution in [0.15, 0.2) is 53.5 Å². The first kappa shape index (κ1) is 23.4. The summed E-state index contributed by atoms with van der Waals surface area (Å²) >= 11 is 0. The van der Waals surface area contributed by atoms with E-state index in [0.29, 0.717) is 12.1 Å². The first-order valence-corrected chi connectivity index (χ1v) is 9.69. The van der Waals surface area contributed by atoms with Gasteiger partial charge in [0.1, 0.15) is 11.4 Å². The van der Waals surface area contributed by atoms with Crippen LogP contribution in [-0.4, -0.2) is 56.8 Å². The summed E-state index contributed by atoms with van der Waals surface area (Å²) in [4.78, 5) is 33.2. The lowest BCUT2D eigenvalue weighted by Crippen LogP contribution is -2.51. The van der Waals surface area contributed by atoms with Crippen LogP contribution < -0.4 is 5.32 Å². The lowest BCUT2D eigenvalue weighted by molar-refractivity contribution is -0.115. The van der Waals surface area contributed by atoms with Crippen molar-refractivity contribution in [1.82, 2.24) is 10.3 Å². The molecule has 2 aromatic rings. The zero-order chi connectivity index (χ0) is 22.3. The second-order valence-electron chi connectivity index (χ2n) is 7.38. The lowest BCUT2D eigenvalue weighted by atomic mass is 9.75. The van der Waals surface area contributed by atoms with Gasteiger partial charge in [0.15, 0.2) is 0 Å². The van der Waals surface area contributed by atoms with Crippen molar-refractivity contribution in [1.29, 1.82) is 0 Å². The number of carbonyl (C=O) groups excluding carboxylic acids is 2. The number of benzene rings is 1. The zero-order valence-electron chi connectivity index (χ0n) is 17.2. The molecule has 0 aliphatic carbocycles. The predicted molar refractivity (Wildman–Crippen MR) is 115 cm³/mol. The minimum Gasteiger partial charge on any atom is -0.426 e. The van der Waals surface area contributed by atoms with Crippen molar-refractivity contribution in [3.05, 3.63) is 54.2 Å². The Bertz CT molecular complexity index is 901. The smallest absolute Gasteiger partial charge is 0.426 e. The minimum absolute atomic E-state index is 0.0169. The van der Waals surface area contributed by atoms with E-state index in [9.17, 15) is 24.7 Å². The number of aromatic nitrogens is 1. The predicted octanol–water partition coefficient (Wildman–Crippen LogP) is 1.25. The average molecular weight is 411 g/mol. The van der Waals surface area contributed by atoms with Crippen LogP contribution >= 0.6 is 0 Å². The molecule has 1 heterocycles. The van der Waals surface area contributed by atoms with E-state index in [2.05, 4.69) is 15.3 Å². The highest BCUT2D eigenvalue weighted by Gasteiger charge is 2.29. The molecule has 1 aromatic carbocycles. The van der Waals surface area contributed by atoms with Gasteiger partial charge in [-0.2, -0.15) is 0 Å². The van der Waals surface area contributed by atoms with E-state index in [0.717, 1.165) is 5.56 Å². The van der Waals surface area contributed by atoms with E-state index in [1.54, 1.807) is 12.1 Å². The average Bonchev–Trinajstić information content (AvgIpc) is 2.71. The molecule has 4 N–H and O–H groups in total. The molecule has 0 saturated carbocycles. The molecule has 0 saturated heterocycles. The summed E-state index contributed by atoms with van der Waals surface area (Å²) in [7, 11) is -1.79. The maximum Gasteiger partial charge on any atom is 0.475 e. The zero-order valence-corrected chi connectivity index (χ0v) is 17.2. The summed E-state index contributed by atoms with van der Waals surface area (Å²) in [5, 5.41) is 31.4. The van der Waals surface area contributed by atoms with Crippen molar-refractivity contribution in [2.24, 2.45) is 10.9 Å². The van der Waals surface area contributed by atoms with Crippen LogP contribution in [0.2, 0.25) is 0 Å². The van der Waals surface area contributed by atoms with Gasteiger partial charge in [-0.25, -0.2) is 9.98 Å². The molecule has 158 valence electrons. The van der Waals surface area contributed by atoms with E-state index in [1.807, 2.05) is 44.2 Å². The number of nitrogens with zero attached hydrogens (tertiary/aromatic N) is 2. The maximum atomic E-state index is 12.6. The first-order valence-electron chi connectivity index (χ1n) is 9.69. The van der Waals surface area contributed by atoms with E-state index >= 15 is 0 Å². The number of carbonyl (C=O) groups is 2. The van der Waals surface area contributed by atoms with Crippen LogP contribution in [0.5, 0.6) is 0 Å². The third kappa shape index (κ3) is 6.58. The van der Waals surface area contributed by atoms with Crippen LogP contribution in [0.4, 0.5) is 0 Å². The van der Waals surface area contributed by atoms with Crippen molar-refractivity contribution in [2.75, 3.05) is 0 Å². The molecule has 8 nitrogen and oxygen atoms in total. The highest BCUT2D eigenvalue weighted by molar-refractivity contribution is 6.47. The van der Waals surface area contributed by atoms with Gasteiger partial charge in [-0.1, -0.05) is 50.2 Å². The lowest BCUT2D eigenvalue weighted by Gasteiger charge is -2.20. The van der Waals surface area contributed by atoms with Crippen molar-refractivity contribution < 1.29 is 24.7 Å². The second kappa shape index (κ2) is 10.8. The Labute approximate surface area is 175 Å². The number of nitrogens with one attached hydrogen (secondary N) is 1. The molecule has 0 bridgehead atoms. The summed E-state index contributed by atoms with van der Waals surface area (Å²) in [5.74, 6) is -2.52. The Hall–Kier alpha value is -2.88. The van der Waals surface area contributed by atoms with Crippen molar-refractivity contribution >= 4 is 24.6 Å². The summed E-state index contributed by atoms with van der Waals surface area (Å²) < 4.78 is 0. The molecule has 2 rings (SSSR count). The SMILES string of the molecule is CC(C)C[C@H](NC(=O)/C(=N/C(=O)c1cccc(-c2ccccc2)n1)[C@@H](C)O)B(O)O. The van der Waals surface area contributed by atoms with Gasteiger partial charge in [0.05, 0.1) is 17.7 Å². The molecule has 0 aliphatic heterocycles. The molecule has 0 unspecified atom stereocenters. The number of aliphatic hydroxyl groups is 1.